The molecule has 1 aromatic heterocycles. The highest BCUT2D eigenvalue weighted by molar-refractivity contribution is 5.12. The Morgan fingerprint density at radius 3 is 2.65 bits per heavy atom. The quantitative estimate of drug-likeness (QED) is 0.792. The molecular formula is C12H17FN4. The molecule has 1 aromatic rings. The number of hydrogen-bond donors (Lipinski definition) is 2. The minimum Gasteiger partial charge on any atom is -0.315 e. The number of aromatic nitrogens is 2. The van der Waals surface area contributed by atoms with E-state index in [1.54, 1.807) is 6.20 Å². The molecule has 0 aromatic carbocycles. The van der Waals surface area contributed by atoms with Crippen molar-refractivity contribution in [2.24, 2.45) is 0 Å². The monoisotopic (exact) mass is 236 g/mol. The van der Waals surface area contributed by atoms with Crippen LogP contribution in [-0.4, -0.2) is 35.3 Å². The van der Waals surface area contributed by atoms with Gasteiger partial charge in [0.2, 0.25) is 0 Å². The van der Waals surface area contributed by atoms with E-state index in [0.717, 1.165) is 37.3 Å². The van der Waals surface area contributed by atoms with Gasteiger partial charge in [-0.1, -0.05) is 0 Å². The molecule has 0 atom stereocenters. The molecule has 3 rings (SSSR count). The predicted molar refractivity (Wildman–Crippen MR) is 62.4 cm³/mol. The zero-order valence-electron chi connectivity index (χ0n) is 9.75. The molecule has 4 nitrogen and oxygen atoms in total. The average molecular weight is 236 g/mol. The first-order valence-electron chi connectivity index (χ1n) is 6.14. The molecule has 2 aliphatic rings. The molecule has 0 spiro atoms. The lowest BCUT2D eigenvalue weighted by molar-refractivity contribution is 0.355. The smallest absolute Gasteiger partial charge is 0.108 e. The number of hydrogen-bond acceptors (Lipinski definition) is 4. The van der Waals surface area contributed by atoms with Crippen molar-refractivity contribution in [1.29, 1.82) is 0 Å². The van der Waals surface area contributed by atoms with Gasteiger partial charge in [0, 0.05) is 37.3 Å². The van der Waals surface area contributed by atoms with E-state index in [-0.39, 0.29) is 12.2 Å². The topological polar surface area (TPSA) is 49.8 Å². The molecule has 1 aliphatic heterocycles. The summed E-state index contributed by atoms with van der Waals surface area (Å²) in [5.74, 6) is 0.519. The van der Waals surface area contributed by atoms with Crippen molar-refractivity contribution in [3.05, 3.63) is 23.8 Å². The van der Waals surface area contributed by atoms with Gasteiger partial charge in [0.1, 0.15) is 6.67 Å². The molecule has 2 fully saturated rings. The van der Waals surface area contributed by atoms with E-state index >= 15 is 0 Å². The van der Waals surface area contributed by atoms with E-state index in [4.69, 9.17) is 0 Å². The summed E-state index contributed by atoms with van der Waals surface area (Å²) in [6.07, 6.45) is 5.51. The Hall–Kier alpha value is -1.07. The van der Waals surface area contributed by atoms with E-state index < -0.39 is 0 Å². The normalized spacial score (nSPS) is 22.2. The SMILES string of the molecule is FCC1(NCc2cnc(C3CNC3)cn2)CC1. The predicted octanol–water partition coefficient (Wildman–Crippen LogP) is 0.755. The molecule has 17 heavy (non-hydrogen) atoms. The fourth-order valence-corrected chi connectivity index (χ4v) is 1.95. The van der Waals surface area contributed by atoms with Crippen molar-refractivity contribution in [2.75, 3.05) is 19.8 Å². The van der Waals surface area contributed by atoms with Gasteiger partial charge in [-0.3, -0.25) is 9.97 Å². The third-order valence-corrected chi connectivity index (χ3v) is 3.68. The molecule has 2 N–H and O–H groups in total. The van der Waals surface area contributed by atoms with Gasteiger partial charge >= 0.3 is 0 Å². The number of alkyl halides is 1. The minimum absolute atomic E-state index is 0.252. The summed E-state index contributed by atoms with van der Waals surface area (Å²) in [5.41, 5.74) is 1.69. The van der Waals surface area contributed by atoms with Crippen molar-refractivity contribution in [3.63, 3.8) is 0 Å². The van der Waals surface area contributed by atoms with Crippen LogP contribution in [-0.2, 0) is 6.54 Å². The minimum atomic E-state index is -0.285. The van der Waals surface area contributed by atoms with Crippen LogP contribution in [0.4, 0.5) is 4.39 Å². The van der Waals surface area contributed by atoms with Gasteiger partial charge in [0.15, 0.2) is 0 Å². The number of nitrogens with one attached hydrogen (secondary N) is 2. The van der Waals surface area contributed by atoms with Gasteiger partial charge in [-0.25, -0.2) is 4.39 Å². The lowest BCUT2D eigenvalue weighted by Crippen LogP contribution is -2.40. The second-order valence-electron chi connectivity index (χ2n) is 5.06. The molecule has 0 unspecified atom stereocenters. The Bertz CT molecular complexity index is 384. The first-order valence-corrected chi connectivity index (χ1v) is 6.14. The Balaban J connectivity index is 1.56. The van der Waals surface area contributed by atoms with Crippen molar-refractivity contribution >= 4 is 0 Å². The molecule has 0 radical (unpaired) electrons. The van der Waals surface area contributed by atoms with E-state index in [1.165, 1.54) is 0 Å². The number of nitrogens with zero attached hydrogens (tertiary/aromatic N) is 2. The third-order valence-electron chi connectivity index (χ3n) is 3.68. The van der Waals surface area contributed by atoms with E-state index in [2.05, 4.69) is 20.6 Å². The summed E-state index contributed by atoms with van der Waals surface area (Å²) in [6.45, 7) is 2.32. The molecular weight excluding hydrogens is 219 g/mol. The fourth-order valence-electron chi connectivity index (χ4n) is 1.95. The van der Waals surface area contributed by atoms with Crippen molar-refractivity contribution in [1.82, 2.24) is 20.6 Å². The standard InChI is InChI=1S/C12H17FN4/c13-8-12(1-2-12)17-6-10-5-16-11(7-15-10)9-3-14-4-9/h5,7,9,14,17H,1-4,6,8H2. The highest BCUT2D eigenvalue weighted by Crippen LogP contribution is 2.35. The molecule has 2 heterocycles. The highest BCUT2D eigenvalue weighted by Gasteiger charge is 2.42. The van der Waals surface area contributed by atoms with Crippen LogP contribution in [0.2, 0.25) is 0 Å². The molecule has 0 bridgehead atoms. The molecule has 1 saturated heterocycles. The summed E-state index contributed by atoms with van der Waals surface area (Å²) < 4.78 is 12.7. The maximum Gasteiger partial charge on any atom is 0.108 e. The van der Waals surface area contributed by atoms with Crippen molar-refractivity contribution in [3.8, 4) is 0 Å². The zero-order chi connectivity index (χ0) is 11.7. The Morgan fingerprint density at radius 1 is 1.35 bits per heavy atom. The Morgan fingerprint density at radius 2 is 2.18 bits per heavy atom. The molecule has 0 amide bonds. The first kappa shape index (κ1) is 11.0. The van der Waals surface area contributed by atoms with Crippen LogP contribution in [0.25, 0.3) is 0 Å². The summed E-state index contributed by atoms with van der Waals surface area (Å²) in [7, 11) is 0. The zero-order valence-corrected chi connectivity index (χ0v) is 9.75. The van der Waals surface area contributed by atoms with Crippen LogP contribution in [0.1, 0.15) is 30.1 Å². The van der Waals surface area contributed by atoms with Crippen LogP contribution < -0.4 is 10.6 Å². The summed E-state index contributed by atoms with van der Waals surface area (Å²) in [6, 6.07) is 0. The largest absolute Gasteiger partial charge is 0.315 e. The fraction of sp³-hybridized carbons (Fsp3) is 0.667. The van der Waals surface area contributed by atoms with Gasteiger partial charge < -0.3 is 10.6 Å². The second-order valence-corrected chi connectivity index (χ2v) is 5.06. The molecule has 92 valence electrons. The van der Waals surface area contributed by atoms with Gasteiger partial charge in [-0.15, -0.1) is 0 Å². The summed E-state index contributed by atoms with van der Waals surface area (Å²) in [5, 5.41) is 6.44. The molecule has 5 heteroatoms. The number of rotatable bonds is 5. The molecule has 1 saturated carbocycles. The Kier molecular flexibility index (Phi) is 2.80. The van der Waals surface area contributed by atoms with Crippen molar-refractivity contribution < 1.29 is 4.39 Å². The summed E-state index contributed by atoms with van der Waals surface area (Å²) >= 11 is 0. The second kappa shape index (κ2) is 4.31. The van der Waals surface area contributed by atoms with E-state index in [9.17, 15) is 4.39 Å². The van der Waals surface area contributed by atoms with Gasteiger partial charge in [-0.2, -0.15) is 0 Å². The van der Waals surface area contributed by atoms with Crippen LogP contribution >= 0.6 is 0 Å². The summed E-state index contributed by atoms with van der Waals surface area (Å²) in [4.78, 5) is 8.78. The van der Waals surface area contributed by atoms with Crippen LogP contribution in [0, 0.1) is 0 Å². The Labute approximate surface area is 100 Å². The average Bonchev–Trinajstić information content (AvgIpc) is 3.07. The number of halogens is 1. The van der Waals surface area contributed by atoms with Crippen molar-refractivity contribution in [2.45, 2.75) is 30.8 Å². The lowest BCUT2D eigenvalue weighted by Gasteiger charge is -2.26. The molecule has 1 aliphatic carbocycles. The lowest BCUT2D eigenvalue weighted by atomic mass is 10.00. The van der Waals surface area contributed by atoms with Gasteiger partial charge in [-0.05, 0) is 12.8 Å². The van der Waals surface area contributed by atoms with Gasteiger partial charge in [0.05, 0.1) is 17.6 Å². The van der Waals surface area contributed by atoms with Crippen LogP contribution in [0.3, 0.4) is 0 Å². The highest BCUT2D eigenvalue weighted by atomic mass is 19.1. The van der Waals surface area contributed by atoms with Crippen LogP contribution in [0.15, 0.2) is 12.4 Å². The maximum absolute atomic E-state index is 12.7. The first-order chi connectivity index (χ1) is 8.31. The van der Waals surface area contributed by atoms with Gasteiger partial charge in [0.25, 0.3) is 0 Å². The van der Waals surface area contributed by atoms with Crippen LogP contribution in [0.5, 0.6) is 0 Å². The maximum atomic E-state index is 12.7. The van der Waals surface area contributed by atoms with E-state index in [0.29, 0.717) is 12.5 Å². The third kappa shape index (κ3) is 2.30. The van der Waals surface area contributed by atoms with E-state index in [1.807, 2.05) is 6.20 Å².